The predicted octanol–water partition coefficient (Wildman–Crippen LogP) is 2.44. The van der Waals surface area contributed by atoms with Crippen LogP contribution in [-0.2, 0) is 11.2 Å². The number of hydrogen-bond donors (Lipinski definition) is 1. The largest absolute Gasteiger partial charge is 0.497 e. The summed E-state index contributed by atoms with van der Waals surface area (Å²) in [6.07, 6.45) is 0.242. The third-order valence-electron chi connectivity index (χ3n) is 4.52. The number of ether oxygens (including phenoxy) is 1. The first-order chi connectivity index (χ1) is 12.1. The maximum absolute atomic E-state index is 12.8. The molecule has 3 rings (SSSR count). The molecule has 0 aliphatic carbocycles. The SMILES string of the molecule is COc1cccc([C@@H]2C[C@@H](O)CN2C(=O)Cc2ccc(C#N)cc2)c1. The van der Waals surface area contributed by atoms with E-state index in [1.807, 2.05) is 24.3 Å². The molecular weight excluding hydrogens is 316 g/mol. The molecule has 0 spiro atoms. The van der Waals surface area contributed by atoms with Gasteiger partial charge in [0.15, 0.2) is 0 Å². The fourth-order valence-electron chi connectivity index (χ4n) is 3.23. The van der Waals surface area contributed by atoms with E-state index < -0.39 is 6.10 Å². The van der Waals surface area contributed by atoms with E-state index in [2.05, 4.69) is 6.07 Å². The van der Waals surface area contributed by atoms with Crippen molar-refractivity contribution in [1.29, 1.82) is 5.26 Å². The molecule has 2 aromatic carbocycles. The van der Waals surface area contributed by atoms with Gasteiger partial charge in [0.05, 0.1) is 37.3 Å². The number of hydrogen-bond acceptors (Lipinski definition) is 4. The number of nitriles is 1. The lowest BCUT2D eigenvalue weighted by molar-refractivity contribution is -0.131. The Morgan fingerprint density at radius 3 is 2.76 bits per heavy atom. The van der Waals surface area contributed by atoms with E-state index in [1.165, 1.54) is 0 Å². The normalized spacial score (nSPS) is 19.5. The molecule has 1 aliphatic rings. The fraction of sp³-hybridized carbons (Fsp3) is 0.300. The molecule has 0 aromatic heterocycles. The Morgan fingerprint density at radius 1 is 1.32 bits per heavy atom. The van der Waals surface area contributed by atoms with Crippen molar-refractivity contribution < 1.29 is 14.6 Å². The molecule has 1 heterocycles. The number of carbonyl (C=O) groups is 1. The van der Waals surface area contributed by atoms with Crippen LogP contribution in [0.3, 0.4) is 0 Å². The van der Waals surface area contributed by atoms with Gasteiger partial charge in [0.1, 0.15) is 5.75 Å². The van der Waals surface area contributed by atoms with Crippen molar-refractivity contribution in [2.75, 3.05) is 13.7 Å². The maximum atomic E-state index is 12.8. The fourth-order valence-corrected chi connectivity index (χ4v) is 3.23. The summed E-state index contributed by atoms with van der Waals surface area (Å²) in [5, 5.41) is 18.9. The van der Waals surface area contributed by atoms with Crippen molar-refractivity contribution in [3.8, 4) is 11.8 Å². The molecule has 2 atom stereocenters. The number of likely N-dealkylation sites (tertiary alicyclic amines) is 1. The number of carbonyl (C=O) groups excluding carboxylic acids is 1. The lowest BCUT2D eigenvalue weighted by Gasteiger charge is -2.25. The van der Waals surface area contributed by atoms with Crippen molar-refractivity contribution in [2.24, 2.45) is 0 Å². The topological polar surface area (TPSA) is 73.6 Å². The smallest absolute Gasteiger partial charge is 0.227 e. The molecule has 128 valence electrons. The molecule has 1 saturated heterocycles. The molecule has 0 bridgehead atoms. The molecule has 0 radical (unpaired) electrons. The summed E-state index contributed by atoms with van der Waals surface area (Å²) in [5.41, 5.74) is 2.39. The summed E-state index contributed by atoms with van der Waals surface area (Å²) in [6, 6.07) is 16.5. The first-order valence-electron chi connectivity index (χ1n) is 8.21. The lowest BCUT2D eigenvalue weighted by Crippen LogP contribution is -2.33. The Morgan fingerprint density at radius 2 is 2.08 bits per heavy atom. The van der Waals surface area contributed by atoms with Crippen molar-refractivity contribution in [3.05, 3.63) is 65.2 Å². The van der Waals surface area contributed by atoms with E-state index in [1.54, 1.807) is 36.3 Å². The summed E-state index contributed by atoms with van der Waals surface area (Å²) in [7, 11) is 1.61. The van der Waals surface area contributed by atoms with Crippen LogP contribution in [-0.4, -0.2) is 35.7 Å². The number of aliphatic hydroxyl groups is 1. The first kappa shape index (κ1) is 17.0. The first-order valence-corrected chi connectivity index (χ1v) is 8.21. The molecule has 1 N–H and O–H groups in total. The number of rotatable bonds is 4. The van der Waals surface area contributed by atoms with Gasteiger partial charge in [-0.1, -0.05) is 24.3 Å². The minimum absolute atomic E-state index is 0.0333. The molecule has 25 heavy (non-hydrogen) atoms. The van der Waals surface area contributed by atoms with Crippen LogP contribution in [0.5, 0.6) is 5.75 Å². The van der Waals surface area contributed by atoms with Crippen molar-refractivity contribution in [1.82, 2.24) is 4.90 Å². The summed E-state index contributed by atoms with van der Waals surface area (Å²) in [4.78, 5) is 14.5. The zero-order valence-electron chi connectivity index (χ0n) is 14.1. The van der Waals surface area contributed by atoms with Gasteiger partial charge in [0.25, 0.3) is 0 Å². The highest BCUT2D eigenvalue weighted by Crippen LogP contribution is 2.34. The summed E-state index contributed by atoms with van der Waals surface area (Å²) in [6.45, 7) is 0.330. The van der Waals surface area contributed by atoms with Crippen LogP contribution in [0.15, 0.2) is 48.5 Å². The van der Waals surface area contributed by atoms with Crippen LogP contribution in [0.1, 0.15) is 29.2 Å². The maximum Gasteiger partial charge on any atom is 0.227 e. The summed E-state index contributed by atoms with van der Waals surface area (Å²) in [5.74, 6) is 0.701. The van der Waals surface area contributed by atoms with Gasteiger partial charge in [-0.25, -0.2) is 0 Å². The van der Waals surface area contributed by atoms with Crippen LogP contribution in [0.25, 0.3) is 0 Å². The average Bonchev–Trinajstić information content (AvgIpc) is 3.04. The molecule has 2 aromatic rings. The minimum atomic E-state index is -0.527. The lowest BCUT2D eigenvalue weighted by atomic mass is 10.0. The van der Waals surface area contributed by atoms with Gasteiger partial charge in [-0.2, -0.15) is 5.26 Å². The Balaban J connectivity index is 1.78. The van der Waals surface area contributed by atoms with E-state index in [4.69, 9.17) is 10.00 Å². The molecule has 0 unspecified atom stereocenters. The Bertz CT molecular complexity index is 795. The molecule has 1 aliphatic heterocycles. The molecule has 1 amide bonds. The quantitative estimate of drug-likeness (QED) is 0.931. The van der Waals surface area contributed by atoms with E-state index in [-0.39, 0.29) is 18.4 Å². The van der Waals surface area contributed by atoms with Crippen molar-refractivity contribution in [2.45, 2.75) is 25.0 Å². The van der Waals surface area contributed by atoms with E-state index >= 15 is 0 Å². The number of methoxy groups -OCH3 is 1. The van der Waals surface area contributed by atoms with Crippen LogP contribution >= 0.6 is 0 Å². The van der Waals surface area contributed by atoms with E-state index in [0.717, 1.165) is 16.9 Å². The van der Waals surface area contributed by atoms with Crippen LogP contribution in [0, 0.1) is 11.3 Å². The van der Waals surface area contributed by atoms with Gasteiger partial charge < -0.3 is 14.7 Å². The highest BCUT2D eigenvalue weighted by molar-refractivity contribution is 5.79. The van der Waals surface area contributed by atoms with Gasteiger partial charge >= 0.3 is 0 Å². The molecular formula is C20H20N2O3. The second kappa shape index (κ2) is 7.37. The molecule has 5 nitrogen and oxygen atoms in total. The third kappa shape index (κ3) is 3.81. The van der Waals surface area contributed by atoms with E-state index in [9.17, 15) is 9.90 Å². The van der Waals surface area contributed by atoms with Gasteiger partial charge in [-0.3, -0.25) is 4.79 Å². The third-order valence-corrected chi connectivity index (χ3v) is 4.52. The molecule has 1 fully saturated rings. The number of benzene rings is 2. The minimum Gasteiger partial charge on any atom is -0.497 e. The highest BCUT2D eigenvalue weighted by Gasteiger charge is 2.35. The Hall–Kier alpha value is -2.84. The van der Waals surface area contributed by atoms with Gasteiger partial charge in [0.2, 0.25) is 5.91 Å². The highest BCUT2D eigenvalue weighted by atomic mass is 16.5. The van der Waals surface area contributed by atoms with Crippen LogP contribution in [0.2, 0.25) is 0 Å². The zero-order valence-corrected chi connectivity index (χ0v) is 14.1. The van der Waals surface area contributed by atoms with E-state index in [0.29, 0.717) is 18.5 Å². The Labute approximate surface area is 147 Å². The second-order valence-electron chi connectivity index (χ2n) is 6.21. The van der Waals surface area contributed by atoms with Crippen molar-refractivity contribution >= 4 is 5.91 Å². The zero-order chi connectivity index (χ0) is 17.8. The number of nitrogens with zero attached hydrogens (tertiary/aromatic N) is 2. The van der Waals surface area contributed by atoms with Crippen LogP contribution < -0.4 is 4.74 Å². The van der Waals surface area contributed by atoms with Gasteiger partial charge in [0, 0.05) is 6.54 Å². The van der Waals surface area contributed by atoms with Gasteiger partial charge in [-0.15, -0.1) is 0 Å². The summed E-state index contributed by atoms with van der Waals surface area (Å²) < 4.78 is 5.26. The number of amides is 1. The standard InChI is InChI=1S/C20H20N2O3/c1-25-18-4-2-3-16(10-18)19-11-17(23)13-22(19)20(24)9-14-5-7-15(12-21)8-6-14/h2-8,10,17,19,23H,9,11,13H2,1H3/t17-,19+/m1/s1. The molecule has 5 heteroatoms. The predicted molar refractivity (Wildman–Crippen MR) is 92.9 cm³/mol. The Kier molecular flexibility index (Phi) is 5.01. The number of aliphatic hydroxyl groups excluding tert-OH is 1. The average molecular weight is 336 g/mol. The van der Waals surface area contributed by atoms with Gasteiger partial charge in [-0.05, 0) is 41.8 Å². The van der Waals surface area contributed by atoms with Crippen molar-refractivity contribution in [3.63, 3.8) is 0 Å². The molecule has 0 saturated carbocycles. The monoisotopic (exact) mass is 336 g/mol. The number of β-amino-alcohol motifs (C(OH)–C–C–N with tert-alkyl or cyclic N) is 1. The van der Waals surface area contributed by atoms with Crippen LogP contribution in [0.4, 0.5) is 0 Å². The second-order valence-corrected chi connectivity index (χ2v) is 6.21. The summed E-state index contributed by atoms with van der Waals surface area (Å²) >= 11 is 0.